The minimum Gasteiger partial charge on any atom is -0.503 e. The fourth-order valence-electron chi connectivity index (χ4n) is 3.68. The summed E-state index contributed by atoms with van der Waals surface area (Å²) in [6.07, 6.45) is 2.38. The SMILES string of the molecule is COc1ccnc(C(=O)NC2COCC(CCC(C)C)C(OCC(C)C)C(C)OC2=O)c1O. The second kappa shape index (κ2) is 12.7. The maximum Gasteiger partial charge on any atom is 0.331 e. The van der Waals surface area contributed by atoms with Crippen molar-refractivity contribution in [2.24, 2.45) is 17.8 Å². The van der Waals surface area contributed by atoms with E-state index in [9.17, 15) is 14.7 Å². The average molecular weight is 467 g/mol. The molecule has 4 unspecified atom stereocenters. The van der Waals surface area contributed by atoms with E-state index in [0.29, 0.717) is 25.0 Å². The largest absolute Gasteiger partial charge is 0.503 e. The number of cyclic esters (lactones) is 1. The van der Waals surface area contributed by atoms with Crippen LogP contribution in [0.2, 0.25) is 0 Å². The van der Waals surface area contributed by atoms with Crippen molar-refractivity contribution < 1.29 is 33.6 Å². The zero-order valence-corrected chi connectivity index (χ0v) is 20.5. The molecule has 1 saturated heterocycles. The van der Waals surface area contributed by atoms with Gasteiger partial charge in [-0.05, 0) is 25.2 Å². The predicted molar refractivity (Wildman–Crippen MR) is 122 cm³/mol. The van der Waals surface area contributed by atoms with Crippen LogP contribution in [0.3, 0.4) is 0 Å². The molecule has 1 aliphatic rings. The van der Waals surface area contributed by atoms with Crippen LogP contribution in [-0.4, -0.2) is 67.1 Å². The van der Waals surface area contributed by atoms with E-state index in [1.54, 1.807) is 0 Å². The number of nitrogens with one attached hydrogen (secondary N) is 1. The van der Waals surface area contributed by atoms with Gasteiger partial charge in [0.05, 0.1) is 26.4 Å². The first-order valence-corrected chi connectivity index (χ1v) is 11.6. The fraction of sp³-hybridized carbons (Fsp3) is 0.708. The zero-order valence-electron chi connectivity index (χ0n) is 20.5. The first-order chi connectivity index (χ1) is 15.6. The number of esters is 1. The highest BCUT2D eigenvalue weighted by Crippen LogP contribution is 2.28. The summed E-state index contributed by atoms with van der Waals surface area (Å²) in [5.74, 6) is -0.742. The normalized spacial score (nSPS) is 24.1. The first-order valence-electron chi connectivity index (χ1n) is 11.6. The van der Waals surface area contributed by atoms with Crippen LogP contribution in [0.5, 0.6) is 11.5 Å². The molecule has 0 radical (unpaired) electrons. The topological polar surface area (TPSA) is 116 Å². The van der Waals surface area contributed by atoms with E-state index >= 15 is 0 Å². The molecule has 0 aromatic carbocycles. The monoisotopic (exact) mass is 466 g/mol. The number of aromatic nitrogens is 1. The number of ether oxygens (including phenoxy) is 4. The zero-order chi connectivity index (χ0) is 24.5. The summed E-state index contributed by atoms with van der Waals surface area (Å²) in [5, 5.41) is 12.8. The molecule has 2 heterocycles. The van der Waals surface area contributed by atoms with E-state index in [-0.39, 0.29) is 30.1 Å². The van der Waals surface area contributed by atoms with Gasteiger partial charge in [-0.3, -0.25) is 4.79 Å². The first kappa shape index (κ1) is 26.9. The summed E-state index contributed by atoms with van der Waals surface area (Å²) < 4.78 is 22.8. The smallest absolute Gasteiger partial charge is 0.331 e. The van der Waals surface area contributed by atoms with Crippen LogP contribution in [0.4, 0.5) is 0 Å². The molecule has 9 nitrogen and oxygen atoms in total. The molecule has 4 atom stereocenters. The van der Waals surface area contributed by atoms with E-state index in [2.05, 4.69) is 38.0 Å². The Labute approximate surface area is 196 Å². The lowest BCUT2D eigenvalue weighted by molar-refractivity contribution is -0.161. The summed E-state index contributed by atoms with van der Waals surface area (Å²) in [6.45, 7) is 11.1. The molecule has 1 amide bonds. The number of amides is 1. The van der Waals surface area contributed by atoms with E-state index in [1.807, 2.05) is 6.92 Å². The molecule has 2 rings (SSSR count). The Morgan fingerprint density at radius 2 is 2.00 bits per heavy atom. The van der Waals surface area contributed by atoms with Gasteiger partial charge in [0.2, 0.25) is 0 Å². The number of carbonyl (C=O) groups is 2. The third-order valence-electron chi connectivity index (χ3n) is 5.49. The number of nitrogens with zero attached hydrogens (tertiary/aromatic N) is 1. The maximum atomic E-state index is 12.9. The van der Waals surface area contributed by atoms with Crippen molar-refractivity contribution in [2.45, 2.75) is 65.7 Å². The van der Waals surface area contributed by atoms with Gasteiger partial charge in [0, 0.05) is 24.8 Å². The summed E-state index contributed by atoms with van der Waals surface area (Å²) in [5.41, 5.74) is -0.247. The lowest BCUT2D eigenvalue weighted by Crippen LogP contribution is -2.46. The molecule has 186 valence electrons. The Kier molecular flexibility index (Phi) is 10.4. The van der Waals surface area contributed by atoms with Crippen LogP contribution in [0.1, 0.15) is 57.9 Å². The quantitative estimate of drug-likeness (QED) is 0.534. The number of carbonyl (C=O) groups excluding carboxylic acids is 2. The molecule has 0 aliphatic carbocycles. The van der Waals surface area contributed by atoms with Gasteiger partial charge in [-0.25, -0.2) is 9.78 Å². The van der Waals surface area contributed by atoms with E-state index < -0.39 is 29.8 Å². The fourth-order valence-corrected chi connectivity index (χ4v) is 3.68. The van der Waals surface area contributed by atoms with Crippen molar-refractivity contribution in [3.63, 3.8) is 0 Å². The van der Waals surface area contributed by atoms with Crippen LogP contribution in [-0.2, 0) is 19.0 Å². The van der Waals surface area contributed by atoms with Gasteiger partial charge in [-0.15, -0.1) is 0 Å². The molecule has 9 heteroatoms. The Hall–Kier alpha value is -2.39. The van der Waals surface area contributed by atoms with E-state index in [0.717, 1.165) is 12.8 Å². The van der Waals surface area contributed by atoms with Crippen molar-refractivity contribution in [2.75, 3.05) is 26.9 Å². The van der Waals surface area contributed by atoms with Crippen LogP contribution in [0.25, 0.3) is 0 Å². The van der Waals surface area contributed by atoms with E-state index in [4.69, 9.17) is 18.9 Å². The van der Waals surface area contributed by atoms with Gasteiger partial charge in [-0.1, -0.05) is 34.1 Å². The van der Waals surface area contributed by atoms with E-state index in [1.165, 1.54) is 19.4 Å². The minimum atomic E-state index is -1.05. The molecule has 2 N–H and O–H groups in total. The summed E-state index contributed by atoms with van der Waals surface area (Å²) in [6, 6.07) is 0.377. The minimum absolute atomic E-state index is 0.0486. The maximum absolute atomic E-state index is 12.9. The summed E-state index contributed by atoms with van der Waals surface area (Å²) >= 11 is 0. The van der Waals surface area contributed by atoms with Crippen molar-refractivity contribution in [3.8, 4) is 11.5 Å². The molecule has 1 fully saturated rings. The average Bonchev–Trinajstić information content (AvgIpc) is 2.80. The van der Waals surface area contributed by atoms with Gasteiger partial charge in [0.25, 0.3) is 5.91 Å². The van der Waals surface area contributed by atoms with Gasteiger partial charge in [-0.2, -0.15) is 0 Å². The predicted octanol–water partition coefficient (Wildman–Crippen LogP) is 2.95. The number of hydrogen-bond donors (Lipinski definition) is 2. The van der Waals surface area contributed by atoms with Crippen molar-refractivity contribution in [3.05, 3.63) is 18.0 Å². The van der Waals surface area contributed by atoms with Crippen molar-refractivity contribution in [1.29, 1.82) is 0 Å². The number of pyridine rings is 1. The standard InChI is InChI=1S/C24H38N2O7/c1-14(2)7-8-17-12-31-13-18(24(29)33-16(5)22(17)32-11-15(3)4)26-23(28)20-21(27)19(30-6)9-10-25-20/h9-10,14-18,22,27H,7-8,11-13H2,1-6H3,(H,26,28). The molecule has 1 aromatic heterocycles. The highest BCUT2D eigenvalue weighted by Gasteiger charge is 2.36. The molecular formula is C24H38N2O7. The van der Waals surface area contributed by atoms with Crippen molar-refractivity contribution >= 4 is 11.9 Å². The third kappa shape index (κ3) is 7.85. The highest BCUT2D eigenvalue weighted by atomic mass is 16.6. The number of aromatic hydroxyl groups is 1. The molecular weight excluding hydrogens is 428 g/mol. The lowest BCUT2D eigenvalue weighted by Gasteiger charge is -2.31. The summed E-state index contributed by atoms with van der Waals surface area (Å²) in [4.78, 5) is 29.5. The Balaban J connectivity index is 2.17. The molecule has 0 saturated carbocycles. The third-order valence-corrected chi connectivity index (χ3v) is 5.49. The van der Waals surface area contributed by atoms with Gasteiger partial charge >= 0.3 is 5.97 Å². The summed E-state index contributed by atoms with van der Waals surface area (Å²) in [7, 11) is 1.37. The Morgan fingerprint density at radius 3 is 2.64 bits per heavy atom. The van der Waals surface area contributed by atoms with Crippen LogP contribution in [0.15, 0.2) is 12.3 Å². The number of methoxy groups -OCH3 is 1. The number of hydrogen-bond acceptors (Lipinski definition) is 8. The number of rotatable bonds is 9. The molecule has 0 spiro atoms. The van der Waals surface area contributed by atoms with Gasteiger partial charge in [0.1, 0.15) is 6.10 Å². The highest BCUT2D eigenvalue weighted by molar-refractivity contribution is 5.98. The second-order valence-electron chi connectivity index (χ2n) is 9.34. The van der Waals surface area contributed by atoms with Gasteiger partial charge in [0.15, 0.2) is 23.2 Å². The van der Waals surface area contributed by atoms with Crippen LogP contribution < -0.4 is 10.1 Å². The van der Waals surface area contributed by atoms with Crippen LogP contribution in [0, 0.1) is 17.8 Å². The molecule has 0 bridgehead atoms. The second-order valence-corrected chi connectivity index (χ2v) is 9.34. The Bertz CT molecular complexity index is 784. The molecule has 1 aliphatic heterocycles. The lowest BCUT2D eigenvalue weighted by atomic mass is 9.91. The van der Waals surface area contributed by atoms with Gasteiger partial charge < -0.3 is 29.4 Å². The van der Waals surface area contributed by atoms with Crippen molar-refractivity contribution in [1.82, 2.24) is 10.3 Å². The Morgan fingerprint density at radius 1 is 1.27 bits per heavy atom. The molecule has 1 aromatic rings. The molecule has 33 heavy (non-hydrogen) atoms. The van der Waals surface area contributed by atoms with Crippen LogP contribution >= 0.6 is 0 Å².